The van der Waals surface area contributed by atoms with Crippen molar-refractivity contribution >= 4 is 17.4 Å². The summed E-state index contributed by atoms with van der Waals surface area (Å²) < 4.78 is 52.5. The third kappa shape index (κ3) is 4.91. The third-order valence-corrected chi connectivity index (χ3v) is 5.33. The Hall–Kier alpha value is -2.64. The monoisotopic (exact) mass is 423 g/mol. The van der Waals surface area contributed by atoms with Gasteiger partial charge < -0.3 is 10.6 Å². The van der Waals surface area contributed by atoms with Gasteiger partial charge in [0.1, 0.15) is 11.6 Å². The van der Waals surface area contributed by atoms with Crippen LogP contribution in [0.1, 0.15) is 72.6 Å². The fourth-order valence-corrected chi connectivity index (χ4v) is 3.77. The van der Waals surface area contributed by atoms with Gasteiger partial charge in [-0.15, -0.1) is 0 Å². The molecule has 1 aliphatic rings. The number of benzene rings is 1. The topological polar surface area (TPSA) is 54.0 Å². The van der Waals surface area contributed by atoms with Crippen LogP contribution in [0.3, 0.4) is 0 Å². The molecule has 1 aliphatic carbocycles. The number of alkyl halides is 3. The molecule has 3 rings (SSSR count). The van der Waals surface area contributed by atoms with E-state index >= 15 is 0 Å². The second-order valence-electron chi connectivity index (χ2n) is 7.98. The van der Waals surface area contributed by atoms with Gasteiger partial charge in [-0.1, -0.05) is 26.7 Å². The first kappa shape index (κ1) is 22.1. The first-order valence-corrected chi connectivity index (χ1v) is 10.0. The smallest absolute Gasteiger partial charge is 0.349 e. The molecular formula is C22H25F4N3O. The van der Waals surface area contributed by atoms with E-state index < -0.39 is 17.6 Å². The van der Waals surface area contributed by atoms with E-state index in [-0.39, 0.29) is 29.4 Å². The Kier molecular flexibility index (Phi) is 6.33. The zero-order chi connectivity index (χ0) is 22.1. The SMILES string of the molecule is Cc1nc(Nc2ccc(C(F)(F)F)cc2F)cc(C(C)C)c1C(=O)NC1CCCC1. The summed E-state index contributed by atoms with van der Waals surface area (Å²) in [5.74, 6) is -0.942. The zero-order valence-corrected chi connectivity index (χ0v) is 17.2. The molecule has 8 heteroatoms. The lowest BCUT2D eigenvalue weighted by Crippen LogP contribution is -2.34. The molecule has 4 nitrogen and oxygen atoms in total. The highest BCUT2D eigenvalue weighted by atomic mass is 19.4. The van der Waals surface area contributed by atoms with Crippen LogP contribution >= 0.6 is 0 Å². The minimum Gasteiger partial charge on any atom is -0.349 e. The van der Waals surface area contributed by atoms with Gasteiger partial charge in [-0.3, -0.25) is 4.79 Å². The molecule has 0 radical (unpaired) electrons. The van der Waals surface area contributed by atoms with Crippen LogP contribution in [0.5, 0.6) is 0 Å². The molecule has 162 valence electrons. The van der Waals surface area contributed by atoms with Crippen LogP contribution in [0, 0.1) is 12.7 Å². The highest BCUT2D eigenvalue weighted by Crippen LogP contribution is 2.33. The van der Waals surface area contributed by atoms with Crippen molar-refractivity contribution in [1.82, 2.24) is 10.3 Å². The highest BCUT2D eigenvalue weighted by Gasteiger charge is 2.31. The van der Waals surface area contributed by atoms with Gasteiger partial charge in [0.15, 0.2) is 0 Å². The maximum Gasteiger partial charge on any atom is 0.416 e. The standard InChI is InChI=1S/C22H25F4N3O/c1-12(2)16-11-19(29-18-9-8-14(10-17(18)23)22(24,25)26)27-13(3)20(16)21(30)28-15-6-4-5-7-15/h8-12,15H,4-7H2,1-3H3,(H,27,29)(H,28,30). The summed E-state index contributed by atoms with van der Waals surface area (Å²) in [6.45, 7) is 5.57. The molecule has 1 aromatic carbocycles. The Morgan fingerprint density at radius 1 is 1.17 bits per heavy atom. The van der Waals surface area contributed by atoms with Crippen molar-refractivity contribution in [2.24, 2.45) is 0 Å². The first-order valence-electron chi connectivity index (χ1n) is 10.0. The van der Waals surface area contributed by atoms with Crippen molar-refractivity contribution in [3.8, 4) is 0 Å². The van der Waals surface area contributed by atoms with Crippen LogP contribution in [0.15, 0.2) is 24.3 Å². The van der Waals surface area contributed by atoms with E-state index in [1.54, 1.807) is 13.0 Å². The van der Waals surface area contributed by atoms with E-state index in [9.17, 15) is 22.4 Å². The predicted octanol–water partition coefficient (Wildman–Crippen LogP) is 6.09. The molecule has 2 N–H and O–H groups in total. The quantitative estimate of drug-likeness (QED) is 0.573. The molecule has 0 spiro atoms. The fraction of sp³-hybridized carbons (Fsp3) is 0.455. The van der Waals surface area contributed by atoms with Gasteiger partial charge >= 0.3 is 6.18 Å². The van der Waals surface area contributed by atoms with Crippen LogP contribution < -0.4 is 10.6 Å². The van der Waals surface area contributed by atoms with Crippen LogP contribution in [-0.4, -0.2) is 16.9 Å². The zero-order valence-electron chi connectivity index (χ0n) is 17.2. The lowest BCUT2D eigenvalue weighted by Gasteiger charge is -2.19. The van der Waals surface area contributed by atoms with Gasteiger partial charge in [0.25, 0.3) is 5.91 Å². The number of hydrogen-bond acceptors (Lipinski definition) is 3. The van der Waals surface area contributed by atoms with Crippen LogP contribution in [-0.2, 0) is 6.18 Å². The van der Waals surface area contributed by atoms with Crippen molar-refractivity contribution in [2.45, 2.75) is 64.6 Å². The molecule has 1 fully saturated rings. The van der Waals surface area contributed by atoms with Gasteiger partial charge in [-0.05, 0) is 55.5 Å². The molecule has 1 amide bonds. The number of rotatable bonds is 5. The summed E-state index contributed by atoms with van der Waals surface area (Å²) in [4.78, 5) is 17.2. The maximum atomic E-state index is 14.2. The van der Waals surface area contributed by atoms with Gasteiger partial charge in [0, 0.05) is 6.04 Å². The molecule has 0 atom stereocenters. The number of carbonyl (C=O) groups is 1. The summed E-state index contributed by atoms with van der Waals surface area (Å²) in [6.07, 6.45) is -0.501. The number of nitrogens with one attached hydrogen (secondary N) is 2. The number of aromatic nitrogens is 1. The molecule has 30 heavy (non-hydrogen) atoms. The van der Waals surface area contributed by atoms with Crippen molar-refractivity contribution in [3.63, 3.8) is 0 Å². The average molecular weight is 423 g/mol. The number of aryl methyl sites for hydroxylation is 1. The summed E-state index contributed by atoms with van der Waals surface area (Å²) in [6, 6.07) is 4.10. The van der Waals surface area contributed by atoms with Crippen molar-refractivity contribution in [3.05, 3.63) is 52.5 Å². The molecule has 1 heterocycles. The number of carbonyl (C=O) groups excluding carboxylic acids is 1. The van der Waals surface area contributed by atoms with Crippen molar-refractivity contribution in [2.75, 3.05) is 5.32 Å². The van der Waals surface area contributed by atoms with Crippen LogP contribution in [0.2, 0.25) is 0 Å². The van der Waals surface area contributed by atoms with Crippen molar-refractivity contribution in [1.29, 1.82) is 0 Å². The van der Waals surface area contributed by atoms with Crippen LogP contribution in [0.4, 0.5) is 29.1 Å². The van der Waals surface area contributed by atoms with E-state index in [2.05, 4.69) is 15.6 Å². The molecule has 0 aliphatic heterocycles. The normalized spacial score (nSPS) is 14.9. The molecular weight excluding hydrogens is 398 g/mol. The second kappa shape index (κ2) is 8.62. The number of nitrogens with zero attached hydrogens (tertiary/aromatic N) is 1. The largest absolute Gasteiger partial charge is 0.416 e. The van der Waals surface area contributed by atoms with Crippen molar-refractivity contribution < 1.29 is 22.4 Å². The Morgan fingerprint density at radius 3 is 2.40 bits per heavy atom. The second-order valence-corrected chi connectivity index (χ2v) is 7.98. The van der Waals surface area contributed by atoms with E-state index in [4.69, 9.17) is 0 Å². The van der Waals surface area contributed by atoms with E-state index in [0.717, 1.165) is 43.4 Å². The maximum absolute atomic E-state index is 14.2. The summed E-state index contributed by atoms with van der Waals surface area (Å²) in [5.41, 5.74) is 0.541. The first-order chi connectivity index (χ1) is 14.1. The number of amides is 1. The fourth-order valence-electron chi connectivity index (χ4n) is 3.77. The minimum atomic E-state index is -4.62. The number of hydrogen-bond donors (Lipinski definition) is 2. The molecule has 1 aromatic heterocycles. The predicted molar refractivity (Wildman–Crippen MR) is 107 cm³/mol. The summed E-state index contributed by atoms with van der Waals surface area (Å²) in [7, 11) is 0. The number of pyridine rings is 1. The Bertz CT molecular complexity index is 935. The average Bonchev–Trinajstić information content (AvgIpc) is 3.14. The molecule has 0 saturated heterocycles. The third-order valence-electron chi connectivity index (χ3n) is 5.33. The number of halogens is 4. The molecule has 0 unspecified atom stereocenters. The number of anilines is 2. The lowest BCUT2D eigenvalue weighted by molar-refractivity contribution is -0.137. The molecule has 1 saturated carbocycles. The Morgan fingerprint density at radius 2 is 1.83 bits per heavy atom. The van der Waals surface area contributed by atoms with E-state index in [1.165, 1.54) is 0 Å². The van der Waals surface area contributed by atoms with Gasteiger partial charge in [0.2, 0.25) is 0 Å². The van der Waals surface area contributed by atoms with E-state index in [1.807, 2.05) is 13.8 Å². The Balaban J connectivity index is 1.89. The van der Waals surface area contributed by atoms with Gasteiger partial charge in [-0.2, -0.15) is 13.2 Å². The summed E-state index contributed by atoms with van der Waals surface area (Å²) in [5, 5.41) is 5.81. The van der Waals surface area contributed by atoms with Crippen LogP contribution in [0.25, 0.3) is 0 Å². The van der Waals surface area contributed by atoms with E-state index in [0.29, 0.717) is 17.3 Å². The Labute approximate surface area is 173 Å². The highest BCUT2D eigenvalue weighted by molar-refractivity contribution is 5.97. The van der Waals surface area contributed by atoms with Gasteiger partial charge in [-0.25, -0.2) is 9.37 Å². The lowest BCUT2D eigenvalue weighted by atomic mass is 9.95. The minimum absolute atomic E-state index is 0.00553. The van der Waals surface area contributed by atoms with Gasteiger partial charge in [0.05, 0.1) is 22.5 Å². The molecule has 0 bridgehead atoms. The molecule has 2 aromatic rings. The summed E-state index contributed by atoms with van der Waals surface area (Å²) >= 11 is 0.